The molecular formula is C20H24N4O2S2. The van der Waals surface area contributed by atoms with Crippen LogP contribution in [0.3, 0.4) is 0 Å². The summed E-state index contributed by atoms with van der Waals surface area (Å²) in [6, 6.07) is 5.99. The Balaban J connectivity index is 1.46. The highest BCUT2D eigenvalue weighted by molar-refractivity contribution is 7.17. The number of hydrogen-bond acceptors (Lipinski definition) is 6. The maximum atomic E-state index is 13.0. The Morgan fingerprint density at radius 1 is 1.14 bits per heavy atom. The molecule has 3 aromatic rings. The van der Waals surface area contributed by atoms with E-state index in [0.717, 1.165) is 37.9 Å². The van der Waals surface area contributed by atoms with E-state index < -0.39 is 0 Å². The van der Waals surface area contributed by atoms with Gasteiger partial charge in [-0.2, -0.15) is 0 Å². The van der Waals surface area contributed by atoms with Crippen LogP contribution >= 0.6 is 22.7 Å². The second-order valence-corrected chi connectivity index (χ2v) is 8.93. The molecule has 1 fully saturated rings. The second kappa shape index (κ2) is 8.87. The molecule has 0 bridgehead atoms. The van der Waals surface area contributed by atoms with Gasteiger partial charge in [-0.05, 0) is 48.6 Å². The van der Waals surface area contributed by atoms with E-state index in [2.05, 4.69) is 16.3 Å². The van der Waals surface area contributed by atoms with E-state index in [1.165, 1.54) is 22.6 Å². The van der Waals surface area contributed by atoms with Gasteiger partial charge in [0.25, 0.3) is 5.56 Å². The smallest absolute Gasteiger partial charge is 0.272 e. The lowest BCUT2D eigenvalue weighted by molar-refractivity contribution is -0.121. The van der Waals surface area contributed by atoms with Gasteiger partial charge in [0.1, 0.15) is 4.70 Å². The van der Waals surface area contributed by atoms with Crippen molar-refractivity contribution in [3.63, 3.8) is 0 Å². The predicted octanol–water partition coefficient (Wildman–Crippen LogP) is 3.26. The molecule has 1 aliphatic heterocycles. The largest absolute Gasteiger partial charge is 0.356 e. The van der Waals surface area contributed by atoms with Crippen LogP contribution in [-0.4, -0.2) is 35.1 Å². The quantitative estimate of drug-likeness (QED) is 0.642. The third kappa shape index (κ3) is 4.28. The zero-order valence-corrected chi connectivity index (χ0v) is 17.4. The first kappa shape index (κ1) is 19.1. The number of hydrogen-bond donors (Lipinski definition) is 1. The molecule has 0 spiro atoms. The average molecular weight is 417 g/mol. The number of nitrogens with one attached hydrogen (secondary N) is 1. The molecule has 0 atom stereocenters. The zero-order valence-electron chi connectivity index (χ0n) is 15.7. The predicted molar refractivity (Wildman–Crippen MR) is 116 cm³/mol. The van der Waals surface area contributed by atoms with Crippen LogP contribution in [0.25, 0.3) is 10.2 Å². The number of anilines is 1. The van der Waals surface area contributed by atoms with Gasteiger partial charge < -0.3 is 10.2 Å². The first-order valence-electron chi connectivity index (χ1n) is 9.74. The van der Waals surface area contributed by atoms with Crippen LogP contribution in [-0.2, 0) is 17.8 Å². The maximum Gasteiger partial charge on any atom is 0.272 e. The highest BCUT2D eigenvalue weighted by Crippen LogP contribution is 2.22. The number of piperidine rings is 1. The van der Waals surface area contributed by atoms with E-state index in [9.17, 15) is 9.59 Å². The Morgan fingerprint density at radius 3 is 2.79 bits per heavy atom. The molecule has 1 saturated heterocycles. The molecule has 4 heterocycles. The maximum absolute atomic E-state index is 13.0. The van der Waals surface area contributed by atoms with E-state index in [4.69, 9.17) is 4.98 Å². The van der Waals surface area contributed by atoms with Gasteiger partial charge in [-0.1, -0.05) is 6.07 Å². The number of carbonyl (C=O) groups excluding carboxylic acids is 1. The third-order valence-corrected chi connectivity index (χ3v) is 6.85. The van der Waals surface area contributed by atoms with Crippen molar-refractivity contribution in [2.45, 2.75) is 38.6 Å². The van der Waals surface area contributed by atoms with Crippen LogP contribution in [0.15, 0.2) is 33.8 Å². The summed E-state index contributed by atoms with van der Waals surface area (Å²) in [7, 11) is 0. The Hall–Kier alpha value is -2.19. The van der Waals surface area contributed by atoms with Crippen molar-refractivity contribution < 1.29 is 4.79 Å². The van der Waals surface area contributed by atoms with E-state index >= 15 is 0 Å². The molecule has 0 radical (unpaired) electrons. The average Bonchev–Trinajstić information content (AvgIpc) is 3.39. The molecule has 1 amide bonds. The molecule has 1 aliphatic rings. The number of carbonyl (C=O) groups is 1. The SMILES string of the molecule is O=C(CCn1c(N2CCCCC2)nc2ccsc2c1=O)NCCc1cccs1. The van der Waals surface area contributed by atoms with Crippen LogP contribution < -0.4 is 15.8 Å². The summed E-state index contributed by atoms with van der Waals surface area (Å²) in [4.78, 5) is 33.5. The minimum atomic E-state index is -0.0352. The fourth-order valence-electron chi connectivity index (χ4n) is 3.55. The summed E-state index contributed by atoms with van der Waals surface area (Å²) in [5.74, 6) is 0.682. The summed E-state index contributed by atoms with van der Waals surface area (Å²) in [6.07, 6.45) is 4.56. The van der Waals surface area contributed by atoms with Gasteiger partial charge in [-0.3, -0.25) is 14.2 Å². The summed E-state index contributed by atoms with van der Waals surface area (Å²) >= 11 is 3.11. The zero-order chi connectivity index (χ0) is 19.3. The summed E-state index contributed by atoms with van der Waals surface area (Å²) < 4.78 is 2.36. The second-order valence-electron chi connectivity index (χ2n) is 6.98. The normalized spacial score (nSPS) is 14.5. The Labute approximate surface area is 171 Å². The van der Waals surface area contributed by atoms with E-state index in [1.807, 2.05) is 22.9 Å². The van der Waals surface area contributed by atoms with Crippen molar-refractivity contribution in [3.8, 4) is 0 Å². The summed E-state index contributed by atoms with van der Waals surface area (Å²) in [5.41, 5.74) is 0.721. The van der Waals surface area contributed by atoms with Gasteiger partial charge in [-0.15, -0.1) is 22.7 Å². The van der Waals surface area contributed by atoms with Crippen molar-refractivity contribution in [1.29, 1.82) is 0 Å². The molecule has 28 heavy (non-hydrogen) atoms. The number of amides is 1. The van der Waals surface area contributed by atoms with Gasteiger partial charge >= 0.3 is 0 Å². The number of rotatable bonds is 7. The summed E-state index contributed by atoms with van der Waals surface area (Å²) in [5, 5.41) is 6.91. The first-order chi connectivity index (χ1) is 13.7. The van der Waals surface area contributed by atoms with E-state index in [-0.39, 0.29) is 17.9 Å². The lowest BCUT2D eigenvalue weighted by atomic mass is 10.1. The van der Waals surface area contributed by atoms with Crippen molar-refractivity contribution in [3.05, 3.63) is 44.2 Å². The van der Waals surface area contributed by atoms with Crippen LogP contribution in [0.4, 0.5) is 5.95 Å². The van der Waals surface area contributed by atoms with Crippen LogP contribution in [0.2, 0.25) is 0 Å². The van der Waals surface area contributed by atoms with Crippen LogP contribution in [0, 0.1) is 0 Å². The lowest BCUT2D eigenvalue weighted by Crippen LogP contribution is -2.37. The Bertz CT molecular complexity index is 987. The fourth-order valence-corrected chi connectivity index (χ4v) is 5.04. The van der Waals surface area contributed by atoms with Gasteiger partial charge in [0.05, 0.1) is 5.52 Å². The molecule has 8 heteroatoms. The molecular weight excluding hydrogens is 392 g/mol. The van der Waals surface area contributed by atoms with Gasteiger partial charge in [-0.25, -0.2) is 4.98 Å². The lowest BCUT2D eigenvalue weighted by Gasteiger charge is -2.29. The van der Waals surface area contributed by atoms with Crippen molar-refractivity contribution in [2.24, 2.45) is 0 Å². The Kier molecular flexibility index (Phi) is 6.07. The molecule has 0 saturated carbocycles. The van der Waals surface area contributed by atoms with Gasteiger partial charge in [0.15, 0.2) is 0 Å². The molecule has 1 N–H and O–H groups in total. The minimum Gasteiger partial charge on any atom is -0.356 e. The monoisotopic (exact) mass is 416 g/mol. The van der Waals surface area contributed by atoms with E-state index in [1.54, 1.807) is 15.9 Å². The molecule has 0 unspecified atom stereocenters. The van der Waals surface area contributed by atoms with Gasteiger partial charge in [0, 0.05) is 37.5 Å². The molecule has 4 rings (SSSR count). The number of fused-ring (bicyclic) bond motifs is 1. The highest BCUT2D eigenvalue weighted by atomic mass is 32.1. The third-order valence-electron chi connectivity index (χ3n) is 5.02. The fraction of sp³-hybridized carbons (Fsp3) is 0.450. The first-order valence-corrected chi connectivity index (χ1v) is 11.5. The van der Waals surface area contributed by atoms with Crippen molar-refractivity contribution in [1.82, 2.24) is 14.9 Å². The molecule has 0 aliphatic carbocycles. The molecule has 148 valence electrons. The van der Waals surface area contributed by atoms with Crippen LogP contribution in [0.5, 0.6) is 0 Å². The molecule has 3 aromatic heterocycles. The summed E-state index contributed by atoms with van der Waals surface area (Å²) in [6.45, 7) is 2.80. The molecule has 6 nitrogen and oxygen atoms in total. The number of nitrogens with zero attached hydrogens (tertiary/aromatic N) is 3. The van der Waals surface area contributed by atoms with Gasteiger partial charge in [0.2, 0.25) is 11.9 Å². The van der Waals surface area contributed by atoms with Crippen molar-refractivity contribution >= 4 is 44.7 Å². The Morgan fingerprint density at radius 2 is 2.00 bits per heavy atom. The highest BCUT2D eigenvalue weighted by Gasteiger charge is 2.20. The topological polar surface area (TPSA) is 67.2 Å². The standard InChI is InChI=1S/C20H24N4O2S2/c25-17(21-9-6-15-5-4-13-27-15)7-12-24-19(26)18-16(8-14-28-18)22-20(24)23-10-2-1-3-11-23/h4-5,8,13-14H,1-3,6-7,9-12H2,(H,21,25). The number of thiophene rings is 2. The number of aromatic nitrogens is 2. The van der Waals surface area contributed by atoms with Crippen molar-refractivity contribution in [2.75, 3.05) is 24.5 Å². The molecule has 0 aromatic carbocycles. The van der Waals surface area contributed by atoms with E-state index in [0.29, 0.717) is 23.7 Å². The minimum absolute atomic E-state index is 0.0284. The van der Waals surface area contributed by atoms with Crippen LogP contribution in [0.1, 0.15) is 30.6 Å².